The van der Waals surface area contributed by atoms with Gasteiger partial charge in [-0.15, -0.1) is 0 Å². The molecule has 2 N–H and O–H groups in total. The van der Waals surface area contributed by atoms with Gasteiger partial charge in [0.25, 0.3) is 0 Å². The van der Waals surface area contributed by atoms with Crippen molar-refractivity contribution in [3.63, 3.8) is 0 Å². The molecular weight excluding hydrogens is 138 g/mol. The van der Waals surface area contributed by atoms with E-state index in [1.165, 1.54) is 0 Å². The predicted molar refractivity (Wildman–Crippen MR) is 45.2 cm³/mol. The summed E-state index contributed by atoms with van der Waals surface area (Å²) in [6.45, 7) is 2.11. The van der Waals surface area contributed by atoms with Crippen molar-refractivity contribution in [1.82, 2.24) is 0 Å². The topological polar surface area (TPSA) is 43.1 Å². The zero-order chi connectivity index (χ0) is 8.27. The van der Waals surface area contributed by atoms with Crippen LogP contribution in [0.25, 0.3) is 0 Å². The third-order valence-electron chi connectivity index (χ3n) is 2.52. The van der Waals surface area contributed by atoms with Gasteiger partial charge in [-0.1, -0.05) is 13.3 Å². The molecular formula is C9H17NO. The standard InChI is InChI=1S/C9H17NO/c1-2-3-4-9(11)7-5-6-8(7)10/h7-8H,2-6,10H2,1H3. The molecule has 0 amide bonds. The van der Waals surface area contributed by atoms with Gasteiger partial charge in [-0.05, 0) is 19.3 Å². The third kappa shape index (κ3) is 2.03. The third-order valence-corrected chi connectivity index (χ3v) is 2.52. The van der Waals surface area contributed by atoms with Crippen LogP contribution in [0.2, 0.25) is 0 Å². The van der Waals surface area contributed by atoms with Crippen molar-refractivity contribution in [2.24, 2.45) is 11.7 Å². The molecule has 64 valence electrons. The summed E-state index contributed by atoms with van der Waals surface area (Å²) in [5, 5.41) is 0. The Morgan fingerprint density at radius 1 is 1.55 bits per heavy atom. The van der Waals surface area contributed by atoms with E-state index in [4.69, 9.17) is 5.73 Å². The van der Waals surface area contributed by atoms with Crippen LogP contribution in [-0.2, 0) is 4.79 Å². The van der Waals surface area contributed by atoms with Crippen molar-refractivity contribution >= 4 is 5.78 Å². The molecule has 0 aromatic carbocycles. The first-order valence-corrected chi connectivity index (χ1v) is 4.54. The highest BCUT2D eigenvalue weighted by Gasteiger charge is 2.32. The molecule has 1 aliphatic rings. The first kappa shape index (κ1) is 8.72. The number of ketones is 1. The molecule has 0 aromatic rings. The molecule has 0 heterocycles. The molecule has 1 fully saturated rings. The van der Waals surface area contributed by atoms with Crippen LogP contribution < -0.4 is 5.73 Å². The van der Waals surface area contributed by atoms with E-state index in [1.54, 1.807) is 0 Å². The minimum Gasteiger partial charge on any atom is -0.327 e. The zero-order valence-electron chi connectivity index (χ0n) is 7.18. The molecule has 11 heavy (non-hydrogen) atoms. The fourth-order valence-electron chi connectivity index (χ4n) is 1.46. The highest BCUT2D eigenvalue weighted by atomic mass is 16.1. The number of carbonyl (C=O) groups excluding carboxylic acids is 1. The number of rotatable bonds is 4. The number of unbranched alkanes of at least 4 members (excludes halogenated alkanes) is 1. The average Bonchev–Trinajstić information content (AvgIpc) is 1.98. The van der Waals surface area contributed by atoms with E-state index in [0.29, 0.717) is 5.78 Å². The van der Waals surface area contributed by atoms with Gasteiger partial charge in [0.05, 0.1) is 0 Å². The minimum absolute atomic E-state index is 0.180. The molecule has 2 unspecified atom stereocenters. The van der Waals surface area contributed by atoms with Crippen molar-refractivity contribution < 1.29 is 4.79 Å². The summed E-state index contributed by atoms with van der Waals surface area (Å²) in [7, 11) is 0. The molecule has 1 aliphatic carbocycles. The zero-order valence-corrected chi connectivity index (χ0v) is 7.18. The summed E-state index contributed by atoms with van der Waals surface area (Å²) in [6.07, 6.45) is 4.96. The number of carbonyl (C=O) groups is 1. The van der Waals surface area contributed by atoms with E-state index >= 15 is 0 Å². The van der Waals surface area contributed by atoms with E-state index in [9.17, 15) is 4.79 Å². The first-order chi connectivity index (χ1) is 5.25. The smallest absolute Gasteiger partial charge is 0.137 e. The summed E-state index contributed by atoms with van der Waals surface area (Å²) in [6, 6.07) is 0.180. The molecule has 0 radical (unpaired) electrons. The quantitative estimate of drug-likeness (QED) is 0.668. The van der Waals surface area contributed by atoms with Crippen LogP contribution in [0.3, 0.4) is 0 Å². The van der Waals surface area contributed by atoms with Gasteiger partial charge in [0.2, 0.25) is 0 Å². The Morgan fingerprint density at radius 2 is 2.27 bits per heavy atom. The summed E-state index contributed by atoms with van der Waals surface area (Å²) < 4.78 is 0. The van der Waals surface area contributed by atoms with Gasteiger partial charge in [-0.3, -0.25) is 4.79 Å². The van der Waals surface area contributed by atoms with Crippen LogP contribution in [0.5, 0.6) is 0 Å². The summed E-state index contributed by atoms with van der Waals surface area (Å²) in [5.41, 5.74) is 5.67. The first-order valence-electron chi connectivity index (χ1n) is 4.54. The second-order valence-corrected chi connectivity index (χ2v) is 3.42. The lowest BCUT2D eigenvalue weighted by atomic mass is 9.76. The van der Waals surface area contributed by atoms with Crippen LogP contribution in [0, 0.1) is 5.92 Å². The molecule has 0 bridgehead atoms. The van der Waals surface area contributed by atoms with Crippen molar-refractivity contribution in [3.05, 3.63) is 0 Å². The molecule has 2 nitrogen and oxygen atoms in total. The molecule has 2 heteroatoms. The maximum Gasteiger partial charge on any atom is 0.137 e. The number of hydrogen-bond acceptors (Lipinski definition) is 2. The Labute approximate surface area is 68.2 Å². The average molecular weight is 155 g/mol. The van der Waals surface area contributed by atoms with Gasteiger partial charge < -0.3 is 5.73 Å². The van der Waals surface area contributed by atoms with E-state index in [1.807, 2.05) is 0 Å². The second-order valence-electron chi connectivity index (χ2n) is 3.42. The lowest BCUT2D eigenvalue weighted by molar-refractivity contribution is -0.126. The van der Waals surface area contributed by atoms with Gasteiger partial charge >= 0.3 is 0 Å². The van der Waals surface area contributed by atoms with Crippen molar-refractivity contribution in [1.29, 1.82) is 0 Å². The number of Topliss-reactive ketones (excluding diaryl/α,β-unsaturated/α-hetero) is 1. The minimum atomic E-state index is 0.180. The van der Waals surface area contributed by atoms with E-state index < -0.39 is 0 Å². The van der Waals surface area contributed by atoms with Crippen LogP contribution in [0.15, 0.2) is 0 Å². The molecule has 0 spiro atoms. The van der Waals surface area contributed by atoms with Gasteiger partial charge in [-0.25, -0.2) is 0 Å². The van der Waals surface area contributed by atoms with Gasteiger partial charge in [0.15, 0.2) is 0 Å². The molecule has 0 aromatic heterocycles. The van der Waals surface area contributed by atoms with Crippen LogP contribution >= 0.6 is 0 Å². The van der Waals surface area contributed by atoms with Gasteiger partial charge in [-0.2, -0.15) is 0 Å². The predicted octanol–water partition coefficient (Wildman–Crippen LogP) is 1.48. The van der Waals surface area contributed by atoms with Crippen molar-refractivity contribution in [3.8, 4) is 0 Å². The summed E-state index contributed by atoms with van der Waals surface area (Å²) in [4.78, 5) is 11.3. The van der Waals surface area contributed by atoms with E-state index in [0.717, 1.165) is 32.1 Å². The van der Waals surface area contributed by atoms with Crippen LogP contribution in [0.1, 0.15) is 39.0 Å². The fourth-order valence-corrected chi connectivity index (χ4v) is 1.46. The lowest BCUT2D eigenvalue weighted by Crippen LogP contribution is -2.43. The molecule has 0 aliphatic heterocycles. The largest absolute Gasteiger partial charge is 0.327 e. The SMILES string of the molecule is CCCCC(=O)C1CCC1N. The van der Waals surface area contributed by atoms with E-state index in [-0.39, 0.29) is 12.0 Å². The summed E-state index contributed by atoms with van der Waals surface area (Å²) in [5.74, 6) is 0.604. The van der Waals surface area contributed by atoms with E-state index in [2.05, 4.69) is 6.92 Å². The summed E-state index contributed by atoms with van der Waals surface area (Å²) >= 11 is 0. The Kier molecular flexibility index (Phi) is 3.06. The number of nitrogens with two attached hydrogens (primary N) is 1. The lowest BCUT2D eigenvalue weighted by Gasteiger charge is -2.32. The second kappa shape index (κ2) is 3.86. The van der Waals surface area contributed by atoms with Crippen LogP contribution in [0.4, 0.5) is 0 Å². The highest BCUT2D eigenvalue weighted by molar-refractivity contribution is 5.82. The van der Waals surface area contributed by atoms with Crippen molar-refractivity contribution in [2.75, 3.05) is 0 Å². The monoisotopic (exact) mass is 155 g/mol. The maximum absolute atomic E-state index is 11.3. The Balaban J connectivity index is 2.19. The Hall–Kier alpha value is -0.370. The van der Waals surface area contributed by atoms with Crippen LogP contribution in [-0.4, -0.2) is 11.8 Å². The molecule has 2 atom stereocenters. The van der Waals surface area contributed by atoms with Crippen molar-refractivity contribution in [2.45, 2.75) is 45.1 Å². The Morgan fingerprint density at radius 3 is 2.64 bits per heavy atom. The highest BCUT2D eigenvalue weighted by Crippen LogP contribution is 2.27. The maximum atomic E-state index is 11.3. The fraction of sp³-hybridized carbons (Fsp3) is 0.889. The molecule has 0 saturated heterocycles. The Bertz CT molecular complexity index is 144. The normalized spacial score (nSPS) is 29.6. The molecule has 1 saturated carbocycles. The van der Waals surface area contributed by atoms with Gasteiger partial charge in [0, 0.05) is 18.4 Å². The number of hydrogen-bond donors (Lipinski definition) is 1. The van der Waals surface area contributed by atoms with Gasteiger partial charge in [0.1, 0.15) is 5.78 Å². The molecule has 1 rings (SSSR count).